The lowest BCUT2D eigenvalue weighted by molar-refractivity contribution is 0.0526. The third-order valence-electron chi connectivity index (χ3n) is 6.07. The van der Waals surface area contributed by atoms with Crippen LogP contribution in [0.25, 0.3) is 16.7 Å². The van der Waals surface area contributed by atoms with Crippen LogP contribution in [0, 0.1) is 5.41 Å². The normalized spacial score (nSPS) is 13.1. The highest BCUT2D eigenvalue weighted by molar-refractivity contribution is 7.17. The number of carbonyl (C=O) groups is 2. The number of thiophene rings is 1. The van der Waals surface area contributed by atoms with Crippen LogP contribution in [0.4, 0.5) is 5.00 Å². The summed E-state index contributed by atoms with van der Waals surface area (Å²) in [5.41, 5.74) is 1.71. The molecule has 0 unspecified atom stereocenters. The third kappa shape index (κ3) is 3.50. The maximum absolute atomic E-state index is 13.3. The number of esters is 1. The molecule has 10 heteroatoms. The van der Waals surface area contributed by atoms with E-state index in [-0.39, 0.29) is 28.6 Å². The first kappa shape index (κ1) is 22.0. The highest BCUT2D eigenvalue weighted by Crippen LogP contribution is 2.38. The first-order valence-corrected chi connectivity index (χ1v) is 11.9. The number of anilines is 1. The molecule has 9 nitrogen and oxygen atoms in total. The van der Waals surface area contributed by atoms with Crippen molar-refractivity contribution in [3.05, 3.63) is 67.9 Å². The maximum Gasteiger partial charge on any atom is 0.341 e. The maximum atomic E-state index is 13.3. The van der Waals surface area contributed by atoms with Gasteiger partial charge in [0.15, 0.2) is 0 Å². The number of aromatic nitrogens is 3. The molecule has 0 bridgehead atoms. The Balaban J connectivity index is 1.62. The molecule has 1 aliphatic rings. The number of fused-ring (bicyclic) bond motifs is 3. The summed E-state index contributed by atoms with van der Waals surface area (Å²) in [4.78, 5) is 44.7. The average molecular weight is 478 g/mol. The summed E-state index contributed by atoms with van der Waals surface area (Å²) < 4.78 is 8.08. The van der Waals surface area contributed by atoms with Gasteiger partial charge in [-0.05, 0) is 56.4 Å². The predicted octanol–water partition coefficient (Wildman–Crippen LogP) is 3.03. The van der Waals surface area contributed by atoms with Gasteiger partial charge in [0, 0.05) is 18.1 Å². The van der Waals surface area contributed by atoms with Gasteiger partial charge in [-0.25, -0.2) is 9.78 Å². The predicted molar refractivity (Wildman–Crippen MR) is 129 cm³/mol. The van der Waals surface area contributed by atoms with E-state index < -0.39 is 11.9 Å². The topological polar surface area (TPSA) is 119 Å². The Morgan fingerprint density at radius 3 is 2.85 bits per heavy atom. The second-order valence-electron chi connectivity index (χ2n) is 8.14. The molecule has 0 radical (unpaired) electrons. The first-order chi connectivity index (χ1) is 16.4. The number of ether oxygens (including phenoxy) is 1. The van der Waals surface area contributed by atoms with Gasteiger partial charge in [0.25, 0.3) is 11.5 Å². The molecule has 0 fully saturated rings. The van der Waals surface area contributed by atoms with Crippen LogP contribution in [-0.4, -0.2) is 32.4 Å². The highest BCUT2D eigenvalue weighted by atomic mass is 32.1. The largest absolute Gasteiger partial charge is 0.462 e. The number of rotatable bonds is 4. The molecule has 0 saturated heterocycles. The zero-order valence-corrected chi connectivity index (χ0v) is 19.6. The van der Waals surface area contributed by atoms with Crippen LogP contribution in [-0.2, 0) is 24.6 Å². The van der Waals surface area contributed by atoms with E-state index >= 15 is 0 Å². The second kappa shape index (κ2) is 8.53. The van der Waals surface area contributed by atoms with Gasteiger partial charge in [0.1, 0.15) is 21.8 Å². The molecule has 174 valence electrons. The smallest absolute Gasteiger partial charge is 0.341 e. The van der Waals surface area contributed by atoms with Crippen molar-refractivity contribution in [1.29, 1.82) is 5.41 Å². The zero-order valence-electron chi connectivity index (χ0n) is 18.8. The van der Waals surface area contributed by atoms with E-state index in [2.05, 4.69) is 10.3 Å². The third-order valence-corrected chi connectivity index (χ3v) is 7.28. The number of aryl methyl sites for hydroxylation is 2. The molecule has 5 rings (SSSR count). The number of hydrogen-bond donors (Lipinski definition) is 2. The summed E-state index contributed by atoms with van der Waals surface area (Å²) in [5.74, 6) is -1.02. The van der Waals surface area contributed by atoms with Crippen molar-refractivity contribution in [2.24, 2.45) is 7.05 Å². The lowest BCUT2D eigenvalue weighted by atomic mass is 9.95. The Morgan fingerprint density at radius 1 is 1.26 bits per heavy atom. The number of pyridine rings is 2. The van der Waals surface area contributed by atoms with Gasteiger partial charge in [0.2, 0.25) is 0 Å². The van der Waals surface area contributed by atoms with E-state index in [0.29, 0.717) is 21.9 Å². The summed E-state index contributed by atoms with van der Waals surface area (Å²) in [7, 11) is 1.60. The minimum absolute atomic E-state index is 0.0194. The molecule has 0 aliphatic heterocycles. The Hall–Kier alpha value is -3.79. The molecule has 1 amide bonds. The van der Waals surface area contributed by atoms with Gasteiger partial charge < -0.3 is 14.6 Å². The highest BCUT2D eigenvalue weighted by Gasteiger charge is 2.28. The second-order valence-corrected chi connectivity index (χ2v) is 9.24. The SMILES string of the molecule is CCOC(=O)c1c(NC(=O)c2cc3c(=O)n4ccccc4nc3n(C)c2=N)sc2c1CCCC2. The van der Waals surface area contributed by atoms with E-state index in [1.807, 2.05) is 0 Å². The van der Waals surface area contributed by atoms with Crippen molar-refractivity contribution in [3.8, 4) is 0 Å². The van der Waals surface area contributed by atoms with E-state index in [4.69, 9.17) is 10.1 Å². The fraction of sp³-hybridized carbons (Fsp3) is 0.292. The average Bonchev–Trinajstić information content (AvgIpc) is 3.20. The molecule has 2 N–H and O–H groups in total. The van der Waals surface area contributed by atoms with Crippen molar-refractivity contribution in [3.63, 3.8) is 0 Å². The van der Waals surface area contributed by atoms with Gasteiger partial charge in [-0.1, -0.05) is 6.07 Å². The molecule has 0 spiro atoms. The number of nitrogens with zero attached hydrogens (tertiary/aromatic N) is 3. The molecule has 34 heavy (non-hydrogen) atoms. The Bertz CT molecular complexity index is 1600. The van der Waals surface area contributed by atoms with Crippen LogP contribution < -0.4 is 16.4 Å². The summed E-state index contributed by atoms with van der Waals surface area (Å²) in [6.07, 6.45) is 5.24. The van der Waals surface area contributed by atoms with E-state index in [0.717, 1.165) is 36.1 Å². The Labute approximate surface area is 198 Å². The number of carbonyl (C=O) groups excluding carboxylic acids is 2. The van der Waals surface area contributed by atoms with E-state index in [1.165, 1.54) is 26.4 Å². The summed E-state index contributed by atoms with van der Waals surface area (Å²) >= 11 is 1.38. The monoisotopic (exact) mass is 477 g/mol. The van der Waals surface area contributed by atoms with Crippen molar-refractivity contribution in [1.82, 2.24) is 14.0 Å². The first-order valence-electron chi connectivity index (χ1n) is 11.1. The van der Waals surface area contributed by atoms with Crippen LogP contribution in [0.5, 0.6) is 0 Å². The van der Waals surface area contributed by atoms with Crippen molar-refractivity contribution in [2.45, 2.75) is 32.6 Å². The van der Waals surface area contributed by atoms with Crippen LogP contribution >= 0.6 is 11.3 Å². The van der Waals surface area contributed by atoms with Crippen LogP contribution in [0.1, 0.15) is 50.9 Å². The molecule has 1 aliphatic carbocycles. The zero-order chi connectivity index (χ0) is 24.0. The number of hydrogen-bond acceptors (Lipinski definition) is 7. The van der Waals surface area contributed by atoms with Crippen LogP contribution in [0.3, 0.4) is 0 Å². The fourth-order valence-electron chi connectivity index (χ4n) is 4.39. The Morgan fingerprint density at radius 2 is 2.06 bits per heavy atom. The van der Waals surface area contributed by atoms with Crippen LogP contribution in [0.15, 0.2) is 35.3 Å². The Kier molecular flexibility index (Phi) is 5.52. The van der Waals surface area contributed by atoms with Crippen molar-refractivity contribution < 1.29 is 14.3 Å². The molecule has 0 saturated carbocycles. The minimum atomic E-state index is -0.566. The van der Waals surface area contributed by atoms with Gasteiger partial charge in [-0.2, -0.15) is 0 Å². The molecule has 0 aromatic carbocycles. The number of amides is 1. The minimum Gasteiger partial charge on any atom is -0.462 e. The lowest BCUT2D eigenvalue weighted by Gasteiger charge is -2.13. The summed E-state index contributed by atoms with van der Waals surface area (Å²) in [5, 5.41) is 12.0. The molecular formula is C24H23N5O4S. The summed E-state index contributed by atoms with van der Waals surface area (Å²) in [6.45, 7) is 1.98. The van der Waals surface area contributed by atoms with Gasteiger partial charge >= 0.3 is 5.97 Å². The fourth-order valence-corrected chi connectivity index (χ4v) is 5.66. The van der Waals surface area contributed by atoms with Gasteiger partial charge in [0.05, 0.1) is 23.1 Å². The number of nitrogens with one attached hydrogen (secondary N) is 2. The van der Waals surface area contributed by atoms with Crippen molar-refractivity contribution in [2.75, 3.05) is 11.9 Å². The molecular weight excluding hydrogens is 454 g/mol. The molecule has 4 aromatic heterocycles. The summed E-state index contributed by atoms with van der Waals surface area (Å²) in [6, 6.07) is 6.61. The van der Waals surface area contributed by atoms with Gasteiger partial charge in [-0.3, -0.25) is 19.4 Å². The molecule has 4 heterocycles. The van der Waals surface area contributed by atoms with Gasteiger partial charge in [-0.15, -0.1) is 11.3 Å². The van der Waals surface area contributed by atoms with Crippen molar-refractivity contribution >= 4 is 44.9 Å². The molecule has 4 aromatic rings. The quantitative estimate of drug-likeness (QED) is 0.346. The van der Waals surface area contributed by atoms with E-state index in [1.54, 1.807) is 38.4 Å². The lowest BCUT2D eigenvalue weighted by Crippen LogP contribution is -2.30. The van der Waals surface area contributed by atoms with E-state index in [9.17, 15) is 14.4 Å². The standard InChI is InChI=1S/C24H23N5O4S/c1-3-33-24(32)18-13-8-4-5-9-16(13)34-22(18)27-21(30)14-12-15-20(28(2)19(14)25)26-17-10-6-7-11-29(17)23(15)31/h6-7,10-12,25H,3-5,8-9H2,1-2H3,(H,27,30). The molecule has 0 atom stereocenters. The van der Waals surface area contributed by atoms with Crippen LogP contribution in [0.2, 0.25) is 0 Å².